The smallest absolute Gasteiger partial charge is 0.223 e. The van der Waals surface area contributed by atoms with Gasteiger partial charge in [-0.2, -0.15) is 0 Å². The number of nitrogens with two attached hydrogens (primary N) is 1. The van der Waals surface area contributed by atoms with Crippen molar-refractivity contribution in [1.82, 2.24) is 4.90 Å². The molecule has 2 unspecified atom stereocenters. The zero-order valence-electron chi connectivity index (χ0n) is 12.7. The van der Waals surface area contributed by atoms with Gasteiger partial charge in [0.15, 0.2) is 0 Å². The van der Waals surface area contributed by atoms with Crippen LogP contribution in [-0.4, -0.2) is 23.4 Å². The van der Waals surface area contributed by atoms with Gasteiger partial charge in [0.25, 0.3) is 0 Å². The van der Waals surface area contributed by atoms with Gasteiger partial charge in [-0.3, -0.25) is 4.79 Å². The summed E-state index contributed by atoms with van der Waals surface area (Å²) in [7, 11) is 0. The van der Waals surface area contributed by atoms with E-state index in [1.54, 1.807) is 0 Å². The zero-order chi connectivity index (χ0) is 15.2. The van der Waals surface area contributed by atoms with Crippen molar-refractivity contribution in [1.29, 1.82) is 0 Å². The van der Waals surface area contributed by atoms with Crippen molar-refractivity contribution >= 4 is 17.5 Å². The van der Waals surface area contributed by atoms with Crippen LogP contribution >= 0.6 is 11.6 Å². The lowest BCUT2D eigenvalue weighted by Gasteiger charge is -2.30. The van der Waals surface area contributed by atoms with Crippen LogP contribution in [0.5, 0.6) is 0 Å². The minimum Gasteiger partial charge on any atom is -0.339 e. The average Bonchev–Trinajstić information content (AvgIpc) is 2.48. The fourth-order valence-electron chi connectivity index (χ4n) is 3.05. The Kier molecular flexibility index (Phi) is 6.07. The van der Waals surface area contributed by atoms with Gasteiger partial charge in [-0.05, 0) is 37.3 Å². The number of amides is 1. The van der Waals surface area contributed by atoms with E-state index in [1.165, 1.54) is 12.8 Å². The number of nitrogens with zero attached hydrogens (tertiary/aromatic N) is 1. The first-order valence-electron chi connectivity index (χ1n) is 7.88. The maximum atomic E-state index is 12.5. The van der Waals surface area contributed by atoms with E-state index < -0.39 is 0 Å². The monoisotopic (exact) mass is 308 g/mol. The third kappa shape index (κ3) is 4.45. The molecule has 0 aromatic heterocycles. The maximum absolute atomic E-state index is 12.5. The second kappa shape index (κ2) is 7.81. The number of hydrogen-bond acceptors (Lipinski definition) is 2. The molecule has 1 saturated carbocycles. The summed E-state index contributed by atoms with van der Waals surface area (Å²) in [5.41, 5.74) is 7.16. The molecule has 1 aromatic carbocycles. The van der Waals surface area contributed by atoms with E-state index in [4.69, 9.17) is 17.3 Å². The summed E-state index contributed by atoms with van der Waals surface area (Å²) in [6.07, 6.45) is 5.09. The Labute approximate surface area is 132 Å². The van der Waals surface area contributed by atoms with Crippen molar-refractivity contribution in [2.24, 2.45) is 11.7 Å². The molecule has 2 atom stereocenters. The normalized spacial score (nSPS) is 22.0. The fourth-order valence-corrected chi connectivity index (χ4v) is 3.25. The van der Waals surface area contributed by atoms with Crippen LogP contribution in [-0.2, 0) is 11.3 Å². The van der Waals surface area contributed by atoms with Gasteiger partial charge in [0.2, 0.25) is 5.91 Å². The van der Waals surface area contributed by atoms with E-state index in [1.807, 2.05) is 36.1 Å². The van der Waals surface area contributed by atoms with Crippen LogP contribution in [0.15, 0.2) is 24.3 Å². The van der Waals surface area contributed by atoms with Crippen molar-refractivity contribution in [2.45, 2.75) is 51.6 Å². The Morgan fingerprint density at radius 1 is 1.33 bits per heavy atom. The number of benzene rings is 1. The lowest BCUT2D eigenvalue weighted by atomic mass is 9.82. The van der Waals surface area contributed by atoms with Gasteiger partial charge in [-0.15, -0.1) is 0 Å². The molecule has 4 heteroatoms. The van der Waals surface area contributed by atoms with Gasteiger partial charge in [0.05, 0.1) is 0 Å². The molecule has 0 aliphatic heterocycles. The number of carbonyl (C=O) groups is 1. The first kappa shape index (κ1) is 16.3. The van der Waals surface area contributed by atoms with Crippen LogP contribution in [0, 0.1) is 5.92 Å². The molecular weight excluding hydrogens is 284 g/mol. The molecule has 2 N–H and O–H groups in total. The summed E-state index contributed by atoms with van der Waals surface area (Å²) in [5, 5.41) is 0.720. The van der Waals surface area contributed by atoms with E-state index >= 15 is 0 Å². The van der Waals surface area contributed by atoms with Crippen LogP contribution < -0.4 is 5.73 Å². The molecule has 3 nitrogen and oxygen atoms in total. The van der Waals surface area contributed by atoms with E-state index in [9.17, 15) is 4.79 Å². The van der Waals surface area contributed by atoms with Crippen LogP contribution in [0.4, 0.5) is 0 Å². The Morgan fingerprint density at radius 3 is 2.71 bits per heavy atom. The van der Waals surface area contributed by atoms with Crippen molar-refractivity contribution in [2.75, 3.05) is 6.54 Å². The van der Waals surface area contributed by atoms with Crippen LogP contribution in [0.3, 0.4) is 0 Å². The van der Waals surface area contributed by atoms with Crippen LogP contribution in [0.25, 0.3) is 0 Å². The Morgan fingerprint density at radius 2 is 2.05 bits per heavy atom. The molecule has 0 saturated heterocycles. The Bertz CT molecular complexity index is 478. The third-order valence-electron chi connectivity index (χ3n) is 4.46. The highest BCUT2D eigenvalue weighted by atomic mass is 35.5. The fraction of sp³-hybridized carbons (Fsp3) is 0.588. The van der Waals surface area contributed by atoms with Crippen LogP contribution in [0.1, 0.15) is 44.6 Å². The van der Waals surface area contributed by atoms with Crippen molar-refractivity contribution in [3.63, 3.8) is 0 Å². The predicted octanol–water partition coefficient (Wildman–Crippen LogP) is 3.60. The third-order valence-corrected chi connectivity index (χ3v) is 4.83. The summed E-state index contributed by atoms with van der Waals surface area (Å²) in [6, 6.07) is 7.89. The minimum absolute atomic E-state index is 0.182. The first-order chi connectivity index (χ1) is 10.1. The maximum Gasteiger partial charge on any atom is 0.223 e. The van der Waals surface area contributed by atoms with E-state index in [0.29, 0.717) is 25.4 Å². The molecular formula is C17H25ClN2O. The molecule has 116 valence electrons. The van der Waals surface area contributed by atoms with Gasteiger partial charge in [0.1, 0.15) is 0 Å². The Balaban J connectivity index is 1.97. The summed E-state index contributed by atoms with van der Waals surface area (Å²) >= 11 is 6.19. The lowest BCUT2D eigenvalue weighted by molar-refractivity contribution is -0.133. The van der Waals surface area contributed by atoms with Gasteiger partial charge >= 0.3 is 0 Å². The van der Waals surface area contributed by atoms with Crippen molar-refractivity contribution in [3.05, 3.63) is 34.9 Å². The quantitative estimate of drug-likeness (QED) is 0.903. The predicted molar refractivity (Wildman–Crippen MR) is 87.1 cm³/mol. The molecule has 0 bridgehead atoms. The SMILES string of the molecule is CCN(Cc1ccccc1Cl)C(=O)CC1CCCCC1N. The largest absolute Gasteiger partial charge is 0.339 e. The topological polar surface area (TPSA) is 46.3 Å². The second-order valence-corrected chi connectivity index (χ2v) is 6.32. The lowest BCUT2D eigenvalue weighted by Crippen LogP contribution is -2.38. The number of rotatable bonds is 5. The van der Waals surface area contributed by atoms with E-state index in [2.05, 4.69) is 0 Å². The molecule has 0 spiro atoms. The summed E-state index contributed by atoms with van der Waals surface area (Å²) in [4.78, 5) is 14.4. The average molecular weight is 309 g/mol. The number of carbonyl (C=O) groups excluding carboxylic acids is 1. The first-order valence-corrected chi connectivity index (χ1v) is 8.26. The van der Waals surface area contributed by atoms with Crippen molar-refractivity contribution in [3.8, 4) is 0 Å². The Hall–Kier alpha value is -1.06. The van der Waals surface area contributed by atoms with Gasteiger partial charge in [-0.1, -0.05) is 42.6 Å². The zero-order valence-corrected chi connectivity index (χ0v) is 13.5. The van der Waals surface area contributed by atoms with E-state index in [0.717, 1.165) is 23.4 Å². The highest BCUT2D eigenvalue weighted by Gasteiger charge is 2.26. The molecule has 1 aliphatic rings. The summed E-state index contributed by atoms with van der Waals surface area (Å²) in [6.45, 7) is 3.29. The summed E-state index contributed by atoms with van der Waals surface area (Å²) in [5.74, 6) is 0.534. The highest BCUT2D eigenvalue weighted by Crippen LogP contribution is 2.27. The molecule has 1 aromatic rings. The van der Waals surface area contributed by atoms with Crippen molar-refractivity contribution < 1.29 is 4.79 Å². The van der Waals surface area contributed by atoms with Gasteiger partial charge < -0.3 is 10.6 Å². The number of halogens is 1. The highest BCUT2D eigenvalue weighted by molar-refractivity contribution is 6.31. The molecule has 21 heavy (non-hydrogen) atoms. The molecule has 1 aliphatic carbocycles. The molecule has 1 fully saturated rings. The van der Waals surface area contributed by atoms with Crippen LogP contribution in [0.2, 0.25) is 5.02 Å². The second-order valence-electron chi connectivity index (χ2n) is 5.91. The van der Waals surface area contributed by atoms with E-state index in [-0.39, 0.29) is 11.9 Å². The molecule has 2 rings (SSSR count). The number of hydrogen-bond donors (Lipinski definition) is 1. The molecule has 0 heterocycles. The summed E-state index contributed by atoms with van der Waals surface area (Å²) < 4.78 is 0. The van der Waals surface area contributed by atoms with Gasteiger partial charge in [-0.25, -0.2) is 0 Å². The molecule has 1 amide bonds. The standard InChI is InChI=1S/C17H25ClN2O/c1-2-20(12-14-8-3-5-9-15(14)18)17(21)11-13-7-4-6-10-16(13)19/h3,5,8-9,13,16H,2,4,6-7,10-12,19H2,1H3. The molecule has 0 radical (unpaired) electrons. The minimum atomic E-state index is 0.182. The van der Waals surface area contributed by atoms with Gasteiger partial charge in [0, 0.05) is 30.6 Å².